The van der Waals surface area contributed by atoms with Crippen molar-refractivity contribution in [1.82, 2.24) is 15.0 Å². The van der Waals surface area contributed by atoms with Crippen LogP contribution in [0.5, 0.6) is 0 Å². The molecule has 21 heavy (non-hydrogen) atoms. The van der Waals surface area contributed by atoms with E-state index in [4.69, 9.17) is 10.5 Å². The summed E-state index contributed by atoms with van der Waals surface area (Å²) in [5, 5.41) is 6.30. The molecule has 7 nitrogen and oxygen atoms in total. The number of aromatic nitrogens is 3. The van der Waals surface area contributed by atoms with Crippen molar-refractivity contribution in [2.24, 2.45) is 0 Å². The van der Waals surface area contributed by atoms with Crippen molar-refractivity contribution < 1.29 is 4.74 Å². The summed E-state index contributed by atoms with van der Waals surface area (Å²) >= 11 is 0. The van der Waals surface area contributed by atoms with E-state index in [0.717, 1.165) is 24.3 Å². The zero-order valence-corrected chi connectivity index (χ0v) is 12.3. The highest BCUT2D eigenvalue weighted by Crippen LogP contribution is 2.25. The second-order valence-electron chi connectivity index (χ2n) is 4.55. The van der Waals surface area contributed by atoms with E-state index >= 15 is 0 Å². The Kier molecular flexibility index (Phi) is 5.28. The lowest BCUT2D eigenvalue weighted by Gasteiger charge is -2.12. The number of pyridine rings is 1. The molecule has 0 saturated heterocycles. The van der Waals surface area contributed by atoms with Crippen LogP contribution in [-0.2, 0) is 4.74 Å². The number of methoxy groups -OCH3 is 1. The van der Waals surface area contributed by atoms with Crippen molar-refractivity contribution in [3.63, 3.8) is 0 Å². The summed E-state index contributed by atoms with van der Waals surface area (Å²) in [4.78, 5) is 12.6. The molecule has 0 saturated carbocycles. The molecule has 7 heteroatoms. The molecule has 112 valence electrons. The maximum absolute atomic E-state index is 6.09. The zero-order valence-electron chi connectivity index (χ0n) is 12.3. The summed E-state index contributed by atoms with van der Waals surface area (Å²) in [5.41, 5.74) is 7.58. The van der Waals surface area contributed by atoms with E-state index in [0.29, 0.717) is 23.9 Å². The van der Waals surface area contributed by atoms with Crippen LogP contribution >= 0.6 is 0 Å². The first-order valence-corrected chi connectivity index (χ1v) is 6.74. The Labute approximate surface area is 124 Å². The van der Waals surface area contributed by atoms with Gasteiger partial charge in [0.25, 0.3) is 0 Å². The summed E-state index contributed by atoms with van der Waals surface area (Å²) in [5.74, 6) is 1.88. The van der Waals surface area contributed by atoms with Gasteiger partial charge < -0.3 is 21.1 Å². The Hall–Kier alpha value is -2.41. The lowest BCUT2D eigenvalue weighted by molar-refractivity contribution is 0.198. The summed E-state index contributed by atoms with van der Waals surface area (Å²) < 4.78 is 5.00. The van der Waals surface area contributed by atoms with Crippen LogP contribution < -0.4 is 16.4 Å². The van der Waals surface area contributed by atoms with E-state index in [-0.39, 0.29) is 0 Å². The maximum Gasteiger partial charge on any atom is 0.160 e. The van der Waals surface area contributed by atoms with Crippen molar-refractivity contribution in [2.75, 3.05) is 36.6 Å². The Bertz CT molecular complexity index is 589. The standard InChI is InChI=1S/C14H20N6O/c1-10-5-3-6-16-12(10)20-14-11(15)13(18-9-19-14)17-7-4-8-21-2/h3,5-6,9H,4,7-8,15H2,1-2H3,(H2,16,17,18,19,20). The van der Waals surface area contributed by atoms with Crippen LogP contribution in [0, 0.1) is 6.92 Å². The van der Waals surface area contributed by atoms with Crippen molar-refractivity contribution >= 4 is 23.1 Å². The first-order chi connectivity index (χ1) is 10.2. The Balaban J connectivity index is 2.09. The quantitative estimate of drug-likeness (QED) is 0.670. The summed E-state index contributed by atoms with van der Waals surface area (Å²) in [7, 11) is 1.68. The number of rotatable bonds is 7. The predicted octanol–water partition coefficient (Wildman–Crippen LogP) is 1.95. The molecular weight excluding hydrogens is 268 g/mol. The van der Waals surface area contributed by atoms with E-state index in [2.05, 4.69) is 25.6 Å². The SMILES string of the molecule is COCCCNc1ncnc(Nc2ncccc2C)c1N. The fourth-order valence-corrected chi connectivity index (χ4v) is 1.79. The molecule has 0 aliphatic carbocycles. The second-order valence-corrected chi connectivity index (χ2v) is 4.55. The van der Waals surface area contributed by atoms with E-state index in [1.54, 1.807) is 13.3 Å². The number of nitrogens with two attached hydrogens (primary N) is 1. The van der Waals surface area contributed by atoms with Gasteiger partial charge in [-0.15, -0.1) is 0 Å². The highest BCUT2D eigenvalue weighted by atomic mass is 16.5. The largest absolute Gasteiger partial charge is 0.393 e. The van der Waals surface area contributed by atoms with Crippen LogP contribution in [0.1, 0.15) is 12.0 Å². The molecule has 0 fully saturated rings. The first kappa shape index (κ1) is 15.0. The molecule has 2 heterocycles. The fourth-order valence-electron chi connectivity index (χ4n) is 1.79. The minimum absolute atomic E-state index is 0.472. The summed E-state index contributed by atoms with van der Waals surface area (Å²) in [6, 6.07) is 3.85. The van der Waals surface area contributed by atoms with Gasteiger partial charge in [-0.1, -0.05) is 6.07 Å². The number of hydrogen-bond donors (Lipinski definition) is 3. The number of nitrogen functional groups attached to an aromatic ring is 1. The third-order valence-corrected chi connectivity index (χ3v) is 2.95. The lowest BCUT2D eigenvalue weighted by Crippen LogP contribution is -2.10. The predicted molar refractivity (Wildman–Crippen MR) is 83.7 cm³/mol. The molecule has 0 atom stereocenters. The van der Waals surface area contributed by atoms with Crippen molar-refractivity contribution in [3.8, 4) is 0 Å². The number of aryl methyl sites for hydroxylation is 1. The Morgan fingerprint density at radius 2 is 2.00 bits per heavy atom. The van der Waals surface area contributed by atoms with Gasteiger partial charge in [0.05, 0.1) is 0 Å². The van der Waals surface area contributed by atoms with Gasteiger partial charge in [-0.2, -0.15) is 0 Å². The number of hydrogen-bond acceptors (Lipinski definition) is 7. The topological polar surface area (TPSA) is 98.0 Å². The van der Waals surface area contributed by atoms with Crippen LogP contribution in [0.4, 0.5) is 23.1 Å². The monoisotopic (exact) mass is 288 g/mol. The Morgan fingerprint density at radius 1 is 1.19 bits per heavy atom. The molecule has 0 aromatic carbocycles. The van der Waals surface area contributed by atoms with E-state index in [1.165, 1.54) is 6.33 Å². The number of nitrogens with zero attached hydrogens (tertiary/aromatic N) is 3. The van der Waals surface area contributed by atoms with Crippen LogP contribution in [0.2, 0.25) is 0 Å². The zero-order chi connectivity index (χ0) is 15.1. The highest BCUT2D eigenvalue weighted by molar-refractivity contribution is 5.77. The van der Waals surface area contributed by atoms with Gasteiger partial charge >= 0.3 is 0 Å². The maximum atomic E-state index is 6.09. The molecule has 0 bridgehead atoms. The minimum atomic E-state index is 0.472. The van der Waals surface area contributed by atoms with E-state index < -0.39 is 0 Å². The van der Waals surface area contributed by atoms with Gasteiger partial charge in [-0.3, -0.25) is 0 Å². The van der Waals surface area contributed by atoms with Crippen LogP contribution in [0.25, 0.3) is 0 Å². The normalized spacial score (nSPS) is 10.4. The van der Waals surface area contributed by atoms with Gasteiger partial charge in [0.15, 0.2) is 11.6 Å². The van der Waals surface area contributed by atoms with Crippen molar-refractivity contribution in [2.45, 2.75) is 13.3 Å². The average molecular weight is 288 g/mol. The van der Waals surface area contributed by atoms with Gasteiger partial charge in [-0.05, 0) is 25.0 Å². The molecular formula is C14H20N6O. The van der Waals surface area contributed by atoms with Gasteiger partial charge in [0, 0.05) is 26.5 Å². The van der Waals surface area contributed by atoms with Crippen LogP contribution in [0.3, 0.4) is 0 Å². The summed E-state index contributed by atoms with van der Waals surface area (Å²) in [6.07, 6.45) is 4.06. The molecule has 4 N–H and O–H groups in total. The second kappa shape index (κ2) is 7.39. The van der Waals surface area contributed by atoms with Gasteiger partial charge in [0.1, 0.15) is 17.8 Å². The minimum Gasteiger partial charge on any atom is -0.393 e. The van der Waals surface area contributed by atoms with Crippen LogP contribution in [0.15, 0.2) is 24.7 Å². The van der Waals surface area contributed by atoms with Gasteiger partial charge in [-0.25, -0.2) is 15.0 Å². The van der Waals surface area contributed by atoms with Gasteiger partial charge in [0.2, 0.25) is 0 Å². The lowest BCUT2D eigenvalue weighted by atomic mass is 10.3. The molecule has 0 aliphatic rings. The van der Waals surface area contributed by atoms with Crippen molar-refractivity contribution in [3.05, 3.63) is 30.2 Å². The number of nitrogens with one attached hydrogen (secondary N) is 2. The molecule has 0 spiro atoms. The Morgan fingerprint density at radius 3 is 2.76 bits per heavy atom. The van der Waals surface area contributed by atoms with E-state index in [9.17, 15) is 0 Å². The molecule has 0 amide bonds. The third kappa shape index (κ3) is 4.03. The highest BCUT2D eigenvalue weighted by Gasteiger charge is 2.09. The number of anilines is 4. The first-order valence-electron chi connectivity index (χ1n) is 6.74. The average Bonchev–Trinajstić information content (AvgIpc) is 2.49. The third-order valence-electron chi connectivity index (χ3n) is 2.95. The molecule has 0 aliphatic heterocycles. The fraction of sp³-hybridized carbons (Fsp3) is 0.357. The molecule has 2 aromatic rings. The summed E-state index contributed by atoms with van der Waals surface area (Å²) in [6.45, 7) is 3.39. The van der Waals surface area contributed by atoms with Crippen molar-refractivity contribution in [1.29, 1.82) is 0 Å². The molecule has 2 rings (SSSR count). The molecule has 2 aromatic heterocycles. The van der Waals surface area contributed by atoms with Crippen LogP contribution in [-0.4, -0.2) is 35.2 Å². The smallest absolute Gasteiger partial charge is 0.160 e. The molecule has 0 unspecified atom stereocenters. The molecule has 0 radical (unpaired) electrons. The van der Waals surface area contributed by atoms with E-state index in [1.807, 2.05) is 19.1 Å². The number of ether oxygens (including phenoxy) is 1.